The largest absolute Gasteiger partial charge is 0.353 e. The molecule has 2 heteroatoms. The third-order valence-electron chi connectivity index (χ3n) is 3.20. The average Bonchev–Trinajstić information content (AvgIpc) is 2.92. The second-order valence-electron chi connectivity index (χ2n) is 5.63. The zero-order chi connectivity index (χ0) is 14.8. The fourth-order valence-electron chi connectivity index (χ4n) is 1.94. The summed E-state index contributed by atoms with van der Waals surface area (Å²) in [7, 11) is 0. The average molecular weight is 276 g/mol. The summed E-state index contributed by atoms with van der Waals surface area (Å²) in [4.78, 5) is 0. The molecule has 1 heterocycles. The molecule has 0 aromatic rings. The van der Waals surface area contributed by atoms with Crippen molar-refractivity contribution in [2.24, 2.45) is 0 Å². The van der Waals surface area contributed by atoms with Crippen molar-refractivity contribution in [1.29, 1.82) is 0 Å². The Hall–Kier alpha value is -1.08. The van der Waals surface area contributed by atoms with E-state index in [9.17, 15) is 0 Å². The topological polar surface area (TPSA) is 18.5 Å². The van der Waals surface area contributed by atoms with Crippen LogP contribution in [-0.2, 0) is 9.47 Å². The maximum atomic E-state index is 5.64. The van der Waals surface area contributed by atoms with E-state index in [4.69, 9.17) is 9.47 Å². The summed E-state index contributed by atoms with van der Waals surface area (Å²) in [6, 6.07) is 0. The Balaban J connectivity index is 2.22. The van der Waals surface area contributed by atoms with Crippen molar-refractivity contribution in [1.82, 2.24) is 0 Å². The van der Waals surface area contributed by atoms with Crippen molar-refractivity contribution >= 4 is 0 Å². The van der Waals surface area contributed by atoms with Crippen molar-refractivity contribution in [2.45, 2.75) is 59.2 Å². The van der Waals surface area contributed by atoms with Gasteiger partial charge in [-0.2, -0.15) is 0 Å². The van der Waals surface area contributed by atoms with E-state index in [1.54, 1.807) is 0 Å². The molecule has 1 aliphatic heterocycles. The standard InChI is InChI=1S/C18H28O2/c1-15(2)11-12-16(3)8-5-6-9-17(4)14-20-18-10-7-13-19-18/h6,12,18H,1,5,7-8,10-11,13-14H2,2-4H3/b16-12+. The fraction of sp³-hybridized carbons (Fsp3) is 0.611. The second kappa shape index (κ2) is 9.77. The van der Waals surface area contributed by atoms with Crippen molar-refractivity contribution in [3.8, 4) is 0 Å². The molecule has 1 atom stereocenters. The first-order chi connectivity index (χ1) is 9.58. The summed E-state index contributed by atoms with van der Waals surface area (Å²) >= 11 is 0. The molecule has 0 radical (unpaired) electrons. The van der Waals surface area contributed by atoms with E-state index in [1.165, 1.54) is 11.1 Å². The predicted molar refractivity (Wildman–Crippen MR) is 84.6 cm³/mol. The van der Waals surface area contributed by atoms with Crippen LogP contribution in [0.15, 0.2) is 41.2 Å². The predicted octanol–water partition coefficient (Wildman–Crippen LogP) is 4.93. The molecular weight excluding hydrogens is 248 g/mol. The molecule has 1 unspecified atom stereocenters. The summed E-state index contributed by atoms with van der Waals surface area (Å²) < 4.78 is 11.1. The van der Waals surface area contributed by atoms with Crippen LogP contribution in [0, 0.1) is 0 Å². The molecule has 1 rings (SSSR count). The third kappa shape index (κ3) is 8.16. The lowest BCUT2D eigenvalue weighted by Gasteiger charge is -2.09. The molecule has 1 fully saturated rings. The second-order valence-corrected chi connectivity index (χ2v) is 5.63. The van der Waals surface area contributed by atoms with E-state index in [1.807, 2.05) is 0 Å². The third-order valence-corrected chi connectivity index (χ3v) is 3.20. The van der Waals surface area contributed by atoms with Gasteiger partial charge in [0.1, 0.15) is 0 Å². The lowest BCUT2D eigenvalue weighted by molar-refractivity contribution is -0.103. The van der Waals surface area contributed by atoms with Gasteiger partial charge in [0.2, 0.25) is 0 Å². The highest BCUT2D eigenvalue weighted by Gasteiger charge is 2.15. The lowest BCUT2D eigenvalue weighted by atomic mass is 10.1. The first-order valence-electron chi connectivity index (χ1n) is 7.52. The first kappa shape index (κ1) is 17.0. The minimum absolute atomic E-state index is 0.000860. The molecule has 0 bridgehead atoms. The number of rotatable bonds is 8. The Labute approximate surface area is 123 Å². The quantitative estimate of drug-likeness (QED) is 0.462. The van der Waals surface area contributed by atoms with Gasteiger partial charge in [0, 0.05) is 13.0 Å². The van der Waals surface area contributed by atoms with Crippen LogP contribution in [0.5, 0.6) is 0 Å². The Morgan fingerprint density at radius 1 is 1.40 bits per heavy atom. The normalized spacial score (nSPS) is 18.8. The highest BCUT2D eigenvalue weighted by molar-refractivity contribution is 5.07. The Morgan fingerprint density at radius 2 is 2.20 bits per heavy atom. The molecule has 0 N–H and O–H groups in total. The van der Waals surface area contributed by atoms with Gasteiger partial charge in [0.05, 0.1) is 6.61 Å². The van der Waals surface area contributed by atoms with Gasteiger partial charge in [0.15, 0.2) is 6.29 Å². The van der Waals surface area contributed by atoms with Gasteiger partial charge in [-0.3, -0.25) is 0 Å². The van der Waals surface area contributed by atoms with Crippen LogP contribution in [0.2, 0.25) is 0 Å². The van der Waals surface area contributed by atoms with E-state index in [2.05, 4.69) is 45.2 Å². The zero-order valence-electron chi connectivity index (χ0n) is 13.2. The maximum Gasteiger partial charge on any atom is 0.158 e. The lowest BCUT2D eigenvalue weighted by Crippen LogP contribution is -2.11. The van der Waals surface area contributed by atoms with Crippen LogP contribution >= 0.6 is 0 Å². The van der Waals surface area contributed by atoms with Crippen LogP contribution in [0.4, 0.5) is 0 Å². The molecule has 0 aliphatic carbocycles. The molecule has 20 heavy (non-hydrogen) atoms. The highest BCUT2D eigenvalue weighted by Crippen LogP contribution is 2.14. The minimum atomic E-state index is -0.000860. The van der Waals surface area contributed by atoms with Gasteiger partial charge < -0.3 is 9.47 Å². The maximum absolute atomic E-state index is 5.64. The summed E-state index contributed by atoms with van der Waals surface area (Å²) in [5, 5.41) is 0. The summed E-state index contributed by atoms with van der Waals surface area (Å²) in [5.41, 5.74) is 7.05. The van der Waals surface area contributed by atoms with Crippen molar-refractivity contribution in [3.63, 3.8) is 0 Å². The highest BCUT2D eigenvalue weighted by atomic mass is 16.7. The van der Waals surface area contributed by atoms with Crippen LogP contribution in [0.3, 0.4) is 0 Å². The van der Waals surface area contributed by atoms with Gasteiger partial charge in [-0.15, -0.1) is 5.73 Å². The molecule has 2 nitrogen and oxygen atoms in total. The van der Waals surface area contributed by atoms with Crippen LogP contribution < -0.4 is 0 Å². The molecular formula is C18H28O2. The van der Waals surface area contributed by atoms with Crippen molar-refractivity contribution in [3.05, 3.63) is 41.2 Å². The fourth-order valence-corrected chi connectivity index (χ4v) is 1.94. The van der Waals surface area contributed by atoms with E-state index in [0.717, 1.165) is 44.3 Å². The summed E-state index contributed by atoms with van der Waals surface area (Å²) in [6.07, 6.45) is 9.58. The van der Waals surface area contributed by atoms with Gasteiger partial charge >= 0.3 is 0 Å². The van der Waals surface area contributed by atoms with Gasteiger partial charge in [-0.1, -0.05) is 23.8 Å². The number of allylic oxidation sites excluding steroid dienone is 3. The number of hydrogen-bond acceptors (Lipinski definition) is 2. The molecule has 112 valence electrons. The van der Waals surface area contributed by atoms with Crippen LogP contribution in [0.25, 0.3) is 0 Å². The Kier molecular flexibility index (Phi) is 8.29. The first-order valence-corrected chi connectivity index (χ1v) is 7.52. The van der Waals surface area contributed by atoms with Crippen molar-refractivity contribution < 1.29 is 9.47 Å². The molecule has 0 aromatic carbocycles. The van der Waals surface area contributed by atoms with Crippen LogP contribution in [-0.4, -0.2) is 19.5 Å². The van der Waals surface area contributed by atoms with Gasteiger partial charge in [0.25, 0.3) is 0 Å². The van der Waals surface area contributed by atoms with Gasteiger partial charge in [-0.25, -0.2) is 0 Å². The molecule has 0 saturated carbocycles. The number of hydrogen-bond donors (Lipinski definition) is 0. The SMILES string of the molecule is C=C(C)C/C=C(\C)CCC=C=C(C)COC1CCCO1. The van der Waals surface area contributed by atoms with Gasteiger partial charge in [-0.05, 0) is 58.1 Å². The summed E-state index contributed by atoms with van der Waals surface area (Å²) in [6.45, 7) is 11.6. The molecule has 1 saturated heterocycles. The Bertz CT molecular complexity index is 392. The van der Waals surface area contributed by atoms with E-state index >= 15 is 0 Å². The van der Waals surface area contributed by atoms with Crippen molar-refractivity contribution in [2.75, 3.05) is 13.2 Å². The molecule has 1 aliphatic rings. The smallest absolute Gasteiger partial charge is 0.158 e. The van der Waals surface area contributed by atoms with Crippen LogP contribution in [0.1, 0.15) is 52.9 Å². The molecule has 0 amide bonds. The van der Waals surface area contributed by atoms with E-state index in [-0.39, 0.29) is 6.29 Å². The number of ether oxygens (including phenoxy) is 2. The van der Waals surface area contributed by atoms with E-state index in [0.29, 0.717) is 6.61 Å². The Morgan fingerprint density at radius 3 is 2.85 bits per heavy atom. The summed E-state index contributed by atoms with van der Waals surface area (Å²) in [5.74, 6) is 0. The zero-order valence-corrected chi connectivity index (χ0v) is 13.2. The monoisotopic (exact) mass is 276 g/mol. The molecule has 0 spiro atoms. The molecule has 0 aromatic heterocycles. The minimum Gasteiger partial charge on any atom is -0.353 e. The van der Waals surface area contributed by atoms with E-state index < -0.39 is 0 Å².